The van der Waals surface area contributed by atoms with E-state index >= 15 is 0 Å². The van der Waals surface area contributed by atoms with Gasteiger partial charge in [0.1, 0.15) is 0 Å². The van der Waals surface area contributed by atoms with Crippen molar-refractivity contribution in [3.05, 3.63) is 0 Å². The summed E-state index contributed by atoms with van der Waals surface area (Å²) in [7, 11) is 0. The molecule has 0 unspecified atom stereocenters. The fourth-order valence-corrected chi connectivity index (χ4v) is 3.24. The second-order valence-electron chi connectivity index (χ2n) is 5.93. The van der Waals surface area contributed by atoms with Crippen LogP contribution in [0, 0.1) is 11.3 Å². The van der Waals surface area contributed by atoms with Crippen molar-refractivity contribution in [1.82, 2.24) is 9.80 Å². The largest absolute Gasteiger partial charge is 0.381 e. The van der Waals surface area contributed by atoms with E-state index in [1.54, 1.807) is 11.8 Å². The molecule has 3 rings (SSSR count). The molecule has 0 N–H and O–H groups in total. The Bertz CT molecular complexity index is 370. The summed E-state index contributed by atoms with van der Waals surface area (Å²) >= 11 is 0. The number of hydrogen-bond acceptors (Lipinski definition) is 3. The molecule has 0 aromatic rings. The zero-order chi connectivity index (χ0) is 12.8. The van der Waals surface area contributed by atoms with Crippen LogP contribution in [0.1, 0.15) is 19.8 Å². The van der Waals surface area contributed by atoms with Crippen molar-refractivity contribution in [2.45, 2.75) is 19.8 Å². The molecular formula is C13H20N2O3. The lowest BCUT2D eigenvalue weighted by molar-refractivity contribution is -0.146. The van der Waals surface area contributed by atoms with Crippen LogP contribution in [0.2, 0.25) is 0 Å². The Morgan fingerprint density at radius 3 is 2.61 bits per heavy atom. The van der Waals surface area contributed by atoms with E-state index in [0.29, 0.717) is 13.1 Å². The third-order valence-electron chi connectivity index (χ3n) is 4.61. The van der Waals surface area contributed by atoms with Gasteiger partial charge in [-0.2, -0.15) is 0 Å². The summed E-state index contributed by atoms with van der Waals surface area (Å²) in [6.45, 7) is 6.12. The molecule has 5 nitrogen and oxygen atoms in total. The lowest BCUT2D eigenvalue weighted by atomic mass is 9.87. The first-order valence-electron chi connectivity index (χ1n) is 6.72. The van der Waals surface area contributed by atoms with Gasteiger partial charge in [-0.3, -0.25) is 9.59 Å². The molecule has 0 aromatic carbocycles. The number of carbonyl (C=O) groups excluding carboxylic acids is 2. The van der Waals surface area contributed by atoms with Crippen LogP contribution in [0.5, 0.6) is 0 Å². The van der Waals surface area contributed by atoms with Gasteiger partial charge in [-0.15, -0.1) is 0 Å². The van der Waals surface area contributed by atoms with Crippen molar-refractivity contribution >= 4 is 11.8 Å². The average molecular weight is 252 g/mol. The summed E-state index contributed by atoms with van der Waals surface area (Å²) in [4.78, 5) is 27.1. The van der Waals surface area contributed by atoms with E-state index in [0.717, 1.165) is 39.1 Å². The van der Waals surface area contributed by atoms with Crippen molar-refractivity contribution in [2.75, 3.05) is 39.4 Å². The van der Waals surface area contributed by atoms with Gasteiger partial charge in [0, 0.05) is 45.1 Å². The Hall–Kier alpha value is -1.10. The maximum absolute atomic E-state index is 12.3. The van der Waals surface area contributed by atoms with E-state index in [2.05, 4.69) is 0 Å². The lowest BCUT2D eigenvalue weighted by Gasteiger charge is -2.39. The molecule has 0 aromatic heterocycles. The van der Waals surface area contributed by atoms with Crippen molar-refractivity contribution in [1.29, 1.82) is 0 Å². The lowest BCUT2D eigenvalue weighted by Crippen LogP contribution is -2.55. The highest BCUT2D eigenvalue weighted by molar-refractivity contribution is 5.84. The predicted molar refractivity (Wildman–Crippen MR) is 64.8 cm³/mol. The molecule has 1 spiro atoms. The van der Waals surface area contributed by atoms with Gasteiger partial charge in [-0.25, -0.2) is 0 Å². The quantitative estimate of drug-likeness (QED) is 0.665. The first-order valence-corrected chi connectivity index (χ1v) is 6.72. The van der Waals surface area contributed by atoms with Gasteiger partial charge in [-0.1, -0.05) is 0 Å². The maximum atomic E-state index is 12.3. The molecule has 2 amide bonds. The molecule has 3 fully saturated rings. The zero-order valence-electron chi connectivity index (χ0n) is 10.9. The summed E-state index contributed by atoms with van der Waals surface area (Å²) in [6.07, 6.45) is 2.16. The van der Waals surface area contributed by atoms with Gasteiger partial charge in [-0.05, 0) is 12.8 Å². The van der Waals surface area contributed by atoms with Gasteiger partial charge in [0.05, 0.1) is 12.5 Å². The van der Waals surface area contributed by atoms with Crippen LogP contribution in [-0.2, 0) is 14.3 Å². The third-order valence-corrected chi connectivity index (χ3v) is 4.61. The Labute approximate surface area is 107 Å². The Morgan fingerprint density at radius 1 is 1.22 bits per heavy atom. The van der Waals surface area contributed by atoms with Crippen LogP contribution in [0.15, 0.2) is 0 Å². The van der Waals surface area contributed by atoms with Gasteiger partial charge in [0.2, 0.25) is 11.8 Å². The minimum Gasteiger partial charge on any atom is -0.381 e. The summed E-state index contributed by atoms with van der Waals surface area (Å²) in [5.74, 6) is 0.337. The summed E-state index contributed by atoms with van der Waals surface area (Å²) in [6, 6.07) is 0. The molecule has 0 aliphatic carbocycles. The Morgan fingerprint density at radius 2 is 2.00 bits per heavy atom. The van der Waals surface area contributed by atoms with Crippen molar-refractivity contribution < 1.29 is 14.3 Å². The standard InChI is InChI=1S/C13H20N2O3/c1-10(16)15-6-11(7-15)12(17)14-4-2-13(8-14)3-5-18-9-13/h11H,2-9H2,1H3/t13-/m1/s1. The SMILES string of the molecule is CC(=O)N1CC(C(=O)N2CC[C@@]3(CCOC3)C2)C1. The van der Waals surface area contributed by atoms with Gasteiger partial charge in [0.25, 0.3) is 0 Å². The van der Waals surface area contributed by atoms with Crippen LogP contribution in [-0.4, -0.2) is 61.0 Å². The van der Waals surface area contributed by atoms with Crippen molar-refractivity contribution in [3.8, 4) is 0 Å². The normalized spacial score (nSPS) is 32.1. The van der Waals surface area contributed by atoms with E-state index in [4.69, 9.17) is 4.74 Å². The van der Waals surface area contributed by atoms with Gasteiger partial charge < -0.3 is 14.5 Å². The highest BCUT2D eigenvalue weighted by atomic mass is 16.5. The Kier molecular flexibility index (Phi) is 2.81. The van der Waals surface area contributed by atoms with Crippen LogP contribution in [0.25, 0.3) is 0 Å². The third kappa shape index (κ3) is 1.90. The molecule has 3 aliphatic heterocycles. The second kappa shape index (κ2) is 4.23. The number of nitrogens with zero attached hydrogens (tertiary/aromatic N) is 2. The van der Waals surface area contributed by atoms with Crippen molar-refractivity contribution in [3.63, 3.8) is 0 Å². The first kappa shape index (κ1) is 12.0. The predicted octanol–water partition coefficient (Wildman–Crippen LogP) is 0.104. The van der Waals surface area contributed by atoms with Crippen LogP contribution in [0.3, 0.4) is 0 Å². The van der Waals surface area contributed by atoms with Gasteiger partial charge >= 0.3 is 0 Å². The number of likely N-dealkylation sites (tertiary alicyclic amines) is 2. The molecule has 18 heavy (non-hydrogen) atoms. The molecule has 3 aliphatic rings. The molecule has 100 valence electrons. The molecule has 0 radical (unpaired) electrons. The number of amides is 2. The molecule has 0 bridgehead atoms. The minimum atomic E-state index is 0.0337. The van der Waals surface area contributed by atoms with Gasteiger partial charge in [0.15, 0.2) is 0 Å². The summed E-state index contributed by atoms with van der Waals surface area (Å²) in [5, 5.41) is 0. The number of hydrogen-bond donors (Lipinski definition) is 0. The molecule has 3 heterocycles. The van der Waals surface area contributed by atoms with Crippen LogP contribution >= 0.6 is 0 Å². The van der Waals surface area contributed by atoms with Crippen LogP contribution in [0.4, 0.5) is 0 Å². The fourth-order valence-electron chi connectivity index (χ4n) is 3.24. The topological polar surface area (TPSA) is 49.9 Å². The van der Waals surface area contributed by atoms with E-state index in [-0.39, 0.29) is 23.1 Å². The molecule has 1 atom stereocenters. The number of rotatable bonds is 1. The monoisotopic (exact) mass is 252 g/mol. The smallest absolute Gasteiger partial charge is 0.229 e. The first-order chi connectivity index (χ1) is 8.60. The van der Waals surface area contributed by atoms with Crippen LogP contribution < -0.4 is 0 Å². The summed E-state index contributed by atoms with van der Waals surface area (Å²) < 4.78 is 5.47. The second-order valence-corrected chi connectivity index (χ2v) is 5.93. The zero-order valence-corrected chi connectivity index (χ0v) is 10.9. The van der Waals surface area contributed by atoms with E-state index < -0.39 is 0 Å². The maximum Gasteiger partial charge on any atom is 0.229 e. The number of carbonyl (C=O) groups is 2. The van der Waals surface area contributed by atoms with E-state index in [1.165, 1.54) is 0 Å². The minimum absolute atomic E-state index is 0.0337. The van der Waals surface area contributed by atoms with E-state index in [9.17, 15) is 9.59 Å². The molecule has 5 heteroatoms. The molecular weight excluding hydrogens is 232 g/mol. The highest BCUT2D eigenvalue weighted by Gasteiger charge is 2.45. The average Bonchev–Trinajstić information content (AvgIpc) is 2.87. The molecule has 3 saturated heterocycles. The summed E-state index contributed by atoms with van der Waals surface area (Å²) in [5.41, 5.74) is 0.236. The van der Waals surface area contributed by atoms with Crippen molar-refractivity contribution in [2.24, 2.45) is 11.3 Å². The highest BCUT2D eigenvalue weighted by Crippen LogP contribution is 2.39. The molecule has 0 saturated carbocycles. The Balaban J connectivity index is 1.54. The fraction of sp³-hybridized carbons (Fsp3) is 0.846. The van der Waals surface area contributed by atoms with E-state index in [1.807, 2.05) is 4.90 Å². The number of ether oxygens (including phenoxy) is 1.